The van der Waals surface area contributed by atoms with E-state index >= 15 is 0 Å². The Kier molecular flexibility index (Phi) is 33.8. The fraction of sp³-hybridized carbons (Fsp3) is 0.925. The van der Waals surface area contributed by atoms with Gasteiger partial charge >= 0.3 is 11.9 Å². The first-order valence-electron chi connectivity index (χ1n) is 20.0. The number of hydrogen-bond acceptors (Lipinski definition) is 6. The molecule has 272 valence electrons. The van der Waals surface area contributed by atoms with E-state index in [0.29, 0.717) is 50.4 Å². The molecule has 0 spiro atoms. The molecule has 0 aliphatic carbocycles. The first-order valence-corrected chi connectivity index (χ1v) is 20.0. The Balaban J connectivity index is 4.01. The summed E-state index contributed by atoms with van der Waals surface area (Å²) < 4.78 is 11.1. The van der Waals surface area contributed by atoms with E-state index in [1.54, 1.807) is 0 Å². The molecule has 0 aromatic rings. The zero-order valence-electron chi connectivity index (χ0n) is 31.1. The quantitative estimate of drug-likeness (QED) is 0.0412. The number of rotatable bonds is 36. The first-order chi connectivity index (χ1) is 22.5. The van der Waals surface area contributed by atoms with Crippen molar-refractivity contribution in [1.82, 2.24) is 5.32 Å². The normalized spacial score (nSPS) is 13.3. The van der Waals surface area contributed by atoms with Crippen LogP contribution in [-0.4, -0.2) is 44.0 Å². The molecule has 46 heavy (non-hydrogen) atoms. The van der Waals surface area contributed by atoms with Crippen LogP contribution in [0.5, 0.6) is 0 Å². The summed E-state index contributed by atoms with van der Waals surface area (Å²) in [6.45, 7) is 11.0. The van der Waals surface area contributed by atoms with E-state index in [2.05, 4.69) is 33.0 Å². The fourth-order valence-electron chi connectivity index (χ4n) is 6.10. The van der Waals surface area contributed by atoms with Crippen LogP contribution in [0.3, 0.4) is 0 Å². The summed E-state index contributed by atoms with van der Waals surface area (Å²) >= 11 is 0. The Morgan fingerprint density at radius 3 is 1.39 bits per heavy atom. The molecule has 0 bridgehead atoms. The standard InChI is InChI=1S/C40H77NO5/c1-5-9-26-36(7-3)34-45-39(43)30-22-17-13-11-15-20-28-38(41-32-24-19-25-33-42)29-21-16-12-14-18-23-31-40(44)46-35-37(8-4)27-10-6-2/h33,36-38,41H,5-32,34-35H2,1-4H3. The summed E-state index contributed by atoms with van der Waals surface area (Å²) in [5.41, 5.74) is 0. The van der Waals surface area contributed by atoms with Crippen LogP contribution in [0.4, 0.5) is 0 Å². The lowest BCUT2D eigenvalue weighted by atomic mass is 9.99. The average molecular weight is 652 g/mol. The molecule has 0 aliphatic heterocycles. The van der Waals surface area contributed by atoms with Crippen LogP contribution in [0.25, 0.3) is 0 Å². The molecule has 0 aliphatic rings. The van der Waals surface area contributed by atoms with Gasteiger partial charge in [-0.1, -0.05) is 130 Å². The molecule has 0 aromatic carbocycles. The van der Waals surface area contributed by atoms with E-state index in [-0.39, 0.29) is 11.9 Å². The zero-order chi connectivity index (χ0) is 33.9. The molecular formula is C40H77NO5. The highest BCUT2D eigenvalue weighted by molar-refractivity contribution is 5.69. The molecule has 0 aromatic heterocycles. The van der Waals surface area contributed by atoms with E-state index in [9.17, 15) is 14.4 Å². The van der Waals surface area contributed by atoms with Crippen molar-refractivity contribution in [2.75, 3.05) is 19.8 Å². The largest absolute Gasteiger partial charge is 0.465 e. The molecule has 0 fully saturated rings. The molecule has 0 saturated carbocycles. The van der Waals surface area contributed by atoms with Crippen molar-refractivity contribution in [2.24, 2.45) is 11.8 Å². The first kappa shape index (κ1) is 44.6. The minimum absolute atomic E-state index is 0.0182. The van der Waals surface area contributed by atoms with E-state index in [4.69, 9.17) is 9.47 Å². The van der Waals surface area contributed by atoms with Crippen LogP contribution < -0.4 is 5.32 Å². The van der Waals surface area contributed by atoms with Gasteiger partial charge in [0.25, 0.3) is 0 Å². The topological polar surface area (TPSA) is 81.7 Å². The lowest BCUT2D eigenvalue weighted by Gasteiger charge is -2.19. The molecule has 6 heteroatoms. The minimum Gasteiger partial charge on any atom is -0.465 e. The Hall–Kier alpha value is -1.43. The van der Waals surface area contributed by atoms with Crippen LogP contribution in [0.1, 0.15) is 201 Å². The van der Waals surface area contributed by atoms with Crippen molar-refractivity contribution in [1.29, 1.82) is 0 Å². The SMILES string of the molecule is CCCCC(CC)COC(=O)CCCCCCCCC(CCCCCCCCC(=O)OCC(CC)CCCC)NCCCCC=O. The second-order valence-corrected chi connectivity index (χ2v) is 13.8. The van der Waals surface area contributed by atoms with Gasteiger partial charge in [0.1, 0.15) is 6.29 Å². The van der Waals surface area contributed by atoms with Crippen molar-refractivity contribution in [3.8, 4) is 0 Å². The average Bonchev–Trinajstić information content (AvgIpc) is 3.06. The van der Waals surface area contributed by atoms with Gasteiger partial charge in [0.15, 0.2) is 0 Å². The number of nitrogens with one attached hydrogen (secondary N) is 1. The Labute approximate surface area is 285 Å². The maximum Gasteiger partial charge on any atom is 0.305 e. The molecule has 0 amide bonds. The van der Waals surface area contributed by atoms with Crippen LogP contribution in [0, 0.1) is 11.8 Å². The van der Waals surface area contributed by atoms with Crippen molar-refractivity contribution < 1.29 is 23.9 Å². The number of aldehydes is 1. The van der Waals surface area contributed by atoms with E-state index in [1.165, 1.54) is 89.9 Å². The molecule has 6 nitrogen and oxygen atoms in total. The summed E-state index contributed by atoms with van der Waals surface area (Å²) in [5, 5.41) is 3.78. The van der Waals surface area contributed by atoms with Crippen molar-refractivity contribution in [3.05, 3.63) is 0 Å². The van der Waals surface area contributed by atoms with Crippen molar-refractivity contribution in [2.45, 2.75) is 207 Å². The number of esters is 2. The zero-order valence-corrected chi connectivity index (χ0v) is 31.1. The lowest BCUT2D eigenvalue weighted by molar-refractivity contribution is -0.146. The van der Waals surface area contributed by atoms with Gasteiger partial charge in [0.05, 0.1) is 13.2 Å². The highest BCUT2D eigenvalue weighted by Gasteiger charge is 2.12. The third kappa shape index (κ3) is 29.9. The van der Waals surface area contributed by atoms with Crippen LogP contribution >= 0.6 is 0 Å². The van der Waals surface area contributed by atoms with E-state index in [0.717, 1.165) is 77.0 Å². The number of ether oxygens (including phenoxy) is 2. The van der Waals surface area contributed by atoms with Gasteiger partial charge in [0, 0.05) is 25.3 Å². The second kappa shape index (κ2) is 34.9. The molecule has 0 saturated heterocycles. The van der Waals surface area contributed by atoms with Gasteiger partial charge in [-0.3, -0.25) is 9.59 Å². The van der Waals surface area contributed by atoms with Crippen LogP contribution in [0.2, 0.25) is 0 Å². The molecule has 0 heterocycles. The molecular weight excluding hydrogens is 574 g/mol. The van der Waals surface area contributed by atoms with Crippen LogP contribution in [0.15, 0.2) is 0 Å². The lowest BCUT2D eigenvalue weighted by Crippen LogP contribution is -2.30. The molecule has 1 N–H and O–H groups in total. The summed E-state index contributed by atoms with van der Waals surface area (Å²) in [7, 11) is 0. The van der Waals surface area contributed by atoms with Gasteiger partial charge in [-0.2, -0.15) is 0 Å². The summed E-state index contributed by atoms with van der Waals surface area (Å²) in [4.78, 5) is 34.8. The maximum absolute atomic E-state index is 12.1. The molecule has 0 radical (unpaired) electrons. The van der Waals surface area contributed by atoms with Crippen molar-refractivity contribution in [3.63, 3.8) is 0 Å². The van der Waals surface area contributed by atoms with Crippen molar-refractivity contribution >= 4 is 18.2 Å². The van der Waals surface area contributed by atoms with Gasteiger partial charge in [-0.25, -0.2) is 0 Å². The van der Waals surface area contributed by atoms with Crippen LogP contribution in [-0.2, 0) is 23.9 Å². The van der Waals surface area contributed by atoms with E-state index < -0.39 is 0 Å². The monoisotopic (exact) mass is 652 g/mol. The number of hydrogen-bond donors (Lipinski definition) is 1. The Morgan fingerprint density at radius 2 is 0.978 bits per heavy atom. The Morgan fingerprint density at radius 1 is 0.543 bits per heavy atom. The third-order valence-electron chi connectivity index (χ3n) is 9.60. The predicted molar refractivity (Wildman–Crippen MR) is 194 cm³/mol. The van der Waals surface area contributed by atoms with E-state index in [1.807, 2.05) is 0 Å². The maximum atomic E-state index is 12.1. The van der Waals surface area contributed by atoms with Gasteiger partial charge in [0.2, 0.25) is 0 Å². The van der Waals surface area contributed by atoms with Gasteiger partial charge < -0.3 is 19.6 Å². The molecule has 2 atom stereocenters. The smallest absolute Gasteiger partial charge is 0.305 e. The fourth-order valence-corrected chi connectivity index (χ4v) is 6.10. The highest BCUT2D eigenvalue weighted by atomic mass is 16.5. The summed E-state index contributed by atoms with van der Waals surface area (Å²) in [6.07, 6.45) is 30.6. The summed E-state index contributed by atoms with van der Waals surface area (Å²) in [5.74, 6) is 1.00. The molecule has 0 rings (SSSR count). The predicted octanol–water partition coefficient (Wildman–Crippen LogP) is 11.1. The number of carbonyl (C=O) groups excluding carboxylic acids is 3. The minimum atomic E-state index is -0.0182. The molecule has 2 unspecified atom stereocenters. The number of carbonyl (C=O) groups is 3. The highest BCUT2D eigenvalue weighted by Crippen LogP contribution is 2.17. The van der Waals surface area contributed by atoms with Gasteiger partial charge in [-0.05, 0) is 69.7 Å². The third-order valence-corrected chi connectivity index (χ3v) is 9.60. The second-order valence-electron chi connectivity index (χ2n) is 13.8. The Bertz CT molecular complexity index is 637. The van der Waals surface area contributed by atoms with Gasteiger partial charge in [-0.15, -0.1) is 0 Å². The number of unbranched alkanes of at least 4 members (excludes halogenated alkanes) is 14. The summed E-state index contributed by atoms with van der Waals surface area (Å²) in [6, 6.07) is 0.564.